The maximum atomic E-state index is 13.0. The van der Waals surface area contributed by atoms with E-state index in [4.69, 9.17) is 4.74 Å². The Balaban J connectivity index is 1.38. The lowest BCUT2D eigenvalue weighted by Crippen LogP contribution is -2.37. The zero-order valence-corrected chi connectivity index (χ0v) is 17.8. The molecule has 1 aromatic carbocycles. The molecule has 3 fully saturated rings. The fourth-order valence-corrected chi connectivity index (χ4v) is 5.97. The van der Waals surface area contributed by atoms with Crippen molar-refractivity contribution in [1.29, 1.82) is 0 Å². The first-order valence-corrected chi connectivity index (χ1v) is 11.7. The van der Waals surface area contributed by atoms with Gasteiger partial charge < -0.3 is 15.0 Å². The molecule has 2 amide bonds. The van der Waals surface area contributed by atoms with Gasteiger partial charge in [0.1, 0.15) is 0 Å². The van der Waals surface area contributed by atoms with Crippen molar-refractivity contribution in [2.45, 2.75) is 23.8 Å². The first-order valence-electron chi connectivity index (χ1n) is 10.2. The Morgan fingerprint density at radius 3 is 2.33 bits per heavy atom. The van der Waals surface area contributed by atoms with E-state index < -0.39 is 10.0 Å². The molecule has 1 aliphatic carbocycles. The zero-order chi connectivity index (χ0) is 21.5. The van der Waals surface area contributed by atoms with Crippen LogP contribution in [0, 0.1) is 17.8 Å². The molecule has 2 unspecified atom stereocenters. The molecule has 3 aliphatic rings. The summed E-state index contributed by atoms with van der Waals surface area (Å²) in [5.74, 6) is 0.0651. The fourth-order valence-electron chi connectivity index (χ4n) is 4.46. The van der Waals surface area contributed by atoms with Gasteiger partial charge in [-0.25, -0.2) is 8.42 Å². The lowest BCUT2D eigenvalue weighted by molar-refractivity contribution is -0.124. The Labute approximate surface area is 176 Å². The lowest BCUT2D eigenvalue weighted by atomic mass is 9.98. The molecule has 8 nitrogen and oxygen atoms in total. The highest BCUT2D eigenvalue weighted by Gasteiger charge is 2.58. The van der Waals surface area contributed by atoms with Gasteiger partial charge in [0.2, 0.25) is 21.8 Å². The predicted octanol–water partition coefficient (Wildman–Crippen LogP) is 0.997. The Bertz CT molecular complexity index is 928. The van der Waals surface area contributed by atoms with Gasteiger partial charge in [-0.2, -0.15) is 4.31 Å². The molecule has 4 rings (SSSR count). The van der Waals surface area contributed by atoms with Gasteiger partial charge >= 0.3 is 0 Å². The quantitative estimate of drug-likeness (QED) is 0.675. The first-order chi connectivity index (χ1) is 14.3. The van der Waals surface area contributed by atoms with Crippen molar-refractivity contribution in [1.82, 2.24) is 9.62 Å². The standard InChI is InChI=1S/C21H27N3O5S/c1-3-19(25)22-20-17-12-24(13-18(17)20)30(27,28)16-6-4-15(5-7-16)23(2)21(26)14-8-10-29-11-9-14/h3-7,14,17-18,20H,1,8-13H2,2H3,(H,22,25). The number of carbonyl (C=O) groups is 2. The summed E-state index contributed by atoms with van der Waals surface area (Å²) < 4.78 is 32.7. The topological polar surface area (TPSA) is 96.0 Å². The van der Waals surface area contributed by atoms with Crippen molar-refractivity contribution in [3.8, 4) is 0 Å². The molecular formula is C21H27N3O5S. The van der Waals surface area contributed by atoms with Crippen LogP contribution >= 0.6 is 0 Å². The lowest BCUT2D eigenvalue weighted by Gasteiger charge is -2.27. The third kappa shape index (κ3) is 3.89. The molecule has 2 atom stereocenters. The van der Waals surface area contributed by atoms with Crippen LogP contribution in [0.1, 0.15) is 12.8 Å². The molecule has 0 aromatic heterocycles. The largest absolute Gasteiger partial charge is 0.381 e. The van der Waals surface area contributed by atoms with Gasteiger partial charge in [-0.15, -0.1) is 0 Å². The third-order valence-corrected chi connectivity index (χ3v) is 8.26. The van der Waals surface area contributed by atoms with Crippen LogP contribution in [-0.4, -0.2) is 63.9 Å². The van der Waals surface area contributed by atoms with Crippen molar-refractivity contribution >= 4 is 27.5 Å². The summed E-state index contributed by atoms with van der Waals surface area (Å²) in [7, 11) is -1.89. The molecule has 2 aliphatic heterocycles. The summed E-state index contributed by atoms with van der Waals surface area (Å²) in [6.07, 6.45) is 2.65. The second-order valence-corrected chi connectivity index (χ2v) is 10.1. The maximum absolute atomic E-state index is 13.0. The SMILES string of the molecule is C=CC(=O)NC1C2CN(S(=O)(=O)c3ccc(N(C)C(=O)C4CCOCC4)cc3)CC21. The van der Waals surface area contributed by atoms with Crippen molar-refractivity contribution in [2.24, 2.45) is 17.8 Å². The number of benzene rings is 1. The molecule has 2 heterocycles. The minimum Gasteiger partial charge on any atom is -0.381 e. The maximum Gasteiger partial charge on any atom is 0.243 e. The van der Waals surface area contributed by atoms with Crippen molar-refractivity contribution < 1.29 is 22.7 Å². The number of anilines is 1. The fraction of sp³-hybridized carbons (Fsp3) is 0.524. The van der Waals surface area contributed by atoms with E-state index in [9.17, 15) is 18.0 Å². The van der Waals surface area contributed by atoms with E-state index in [0.29, 0.717) is 44.8 Å². The van der Waals surface area contributed by atoms with Crippen molar-refractivity contribution in [2.75, 3.05) is 38.3 Å². The molecule has 2 saturated heterocycles. The van der Waals surface area contributed by atoms with Gasteiger partial charge in [-0.1, -0.05) is 6.58 Å². The van der Waals surface area contributed by atoms with Crippen LogP contribution in [0.4, 0.5) is 5.69 Å². The van der Waals surface area contributed by atoms with E-state index in [1.54, 1.807) is 36.2 Å². The Morgan fingerprint density at radius 2 is 1.77 bits per heavy atom. The smallest absolute Gasteiger partial charge is 0.243 e. The van der Waals surface area contributed by atoms with E-state index in [1.165, 1.54) is 10.4 Å². The van der Waals surface area contributed by atoms with E-state index >= 15 is 0 Å². The summed E-state index contributed by atoms with van der Waals surface area (Å²) in [5.41, 5.74) is 0.668. The average Bonchev–Trinajstić information content (AvgIpc) is 3.20. The number of hydrogen-bond acceptors (Lipinski definition) is 5. The molecular weight excluding hydrogens is 406 g/mol. The molecule has 9 heteroatoms. The van der Waals surface area contributed by atoms with Crippen LogP contribution < -0.4 is 10.2 Å². The number of ether oxygens (including phenoxy) is 1. The summed E-state index contributed by atoms with van der Waals surface area (Å²) in [6.45, 7) is 5.43. The molecule has 1 saturated carbocycles. The Kier molecular flexibility index (Phi) is 5.69. The van der Waals surface area contributed by atoms with Gasteiger partial charge in [-0.3, -0.25) is 9.59 Å². The summed E-state index contributed by atoms with van der Waals surface area (Å²) in [5, 5.41) is 2.85. The van der Waals surface area contributed by atoms with Gasteiger partial charge in [0.15, 0.2) is 0 Å². The number of nitrogens with zero attached hydrogens (tertiary/aromatic N) is 2. The zero-order valence-electron chi connectivity index (χ0n) is 17.0. The number of amides is 2. The molecule has 162 valence electrons. The Morgan fingerprint density at radius 1 is 1.17 bits per heavy atom. The number of nitrogens with one attached hydrogen (secondary N) is 1. The number of hydrogen-bond donors (Lipinski definition) is 1. The molecule has 0 spiro atoms. The van der Waals surface area contributed by atoms with E-state index in [1.807, 2.05) is 0 Å². The van der Waals surface area contributed by atoms with Crippen molar-refractivity contribution in [3.63, 3.8) is 0 Å². The molecule has 30 heavy (non-hydrogen) atoms. The third-order valence-electron chi connectivity index (χ3n) is 6.42. The summed E-state index contributed by atoms with van der Waals surface area (Å²) in [4.78, 5) is 25.9. The van der Waals surface area contributed by atoms with Gasteiger partial charge in [0.05, 0.1) is 4.90 Å². The summed E-state index contributed by atoms with van der Waals surface area (Å²) in [6, 6.07) is 6.50. The van der Waals surface area contributed by atoms with Gasteiger partial charge in [-0.05, 0) is 55.0 Å². The van der Waals surface area contributed by atoms with Crippen LogP contribution in [-0.2, 0) is 24.3 Å². The van der Waals surface area contributed by atoms with Crippen LogP contribution in [0.25, 0.3) is 0 Å². The second kappa shape index (κ2) is 8.13. The first kappa shape index (κ1) is 21.0. The number of rotatable bonds is 6. The number of sulfonamides is 1. The van der Waals surface area contributed by atoms with Gasteiger partial charge in [0, 0.05) is 51.0 Å². The van der Waals surface area contributed by atoms with E-state index in [2.05, 4.69) is 11.9 Å². The minimum absolute atomic E-state index is 0.0288. The predicted molar refractivity (Wildman–Crippen MR) is 111 cm³/mol. The van der Waals surface area contributed by atoms with Crippen molar-refractivity contribution in [3.05, 3.63) is 36.9 Å². The second-order valence-electron chi connectivity index (χ2n) is 8.17. The molecule has 1 aromatic rings. The van der Waals surface area contributed by atoms with Crippen LogP contribution in [0.5, 0.6) is 0 Å². The van der Waals surface area contributed by atoms with Crippen LogP contribution in [0.15, 0.2) is 41.8 Å². The number of carbonyl (C=O) groups excluding carboxylic acids is 2. The highest BCUT2D eigenvalue weighted by Crippen LogP contribution is 2.47. The molecule has 0 radical (unpaired) electrons. The highest BCUT2D eigenvalue weighted by molar-refractivity contribution is 7.89. The van der Waals surface area contributed by atoms with E-state index in [-0.39, 0.29) is 40.5 Å². The molecule has 1 N–H and O–H groups in total. The Hall–Kier alpha value is -2.23. The summed E-state index contributed by atoms with van der Waals surface area (Å²) >= 11 is 0. The monoisotopic (exact) mass is 433 g/mol. The van der Waals surface area contributed by atoms with Crippen LogP contribution in [0.3, 0.4) is 0 Å². The number of piperidine rings is 1. The molecule has 0 bridgehead atoms. The normalized spacial score (nSPS) is 26.6. The number of fused-ring (bicyclic) bond motifs is 1. The van der Waals surface area contributed by atoms with Crippen LogP contribution in [0.2, 0.25) is 0 Å². The minimum atomic E-state index is -3.60. The highest BCUT2D eigenvalue weighted by atomic mass is 32.2. The van der Waals surface area contributed by atoms with Gasteiger partial charge in [0.25, 0.3) is 0 Å². The average molecular weight is 434 g/mol. The van der Waals surface area contributed by atoms with E-state index in [0.717, 1.165) is 0 Å².